The van der Waals surface area contributed by atoms with Gasteiger partial charge in [0.2, 0.25) is 0 Å². The second kappa shape index (κ2) is 12.4. The lowest BCUT2D eigenvalue weighted by molar-refractivity contribution is -0.143. The van der Waals surface area contributed by atoms with E-state index in [-0.39, 0.29) is 11.9 Å². The fraction of sp³-hybridized carbons (Fsp3) is 0.857. The molecule has 0 amide bonds. The smallest absolute Gasteiger partial charge is 0.305 e. The van der Waals surface area contributed by atoms with Gasteiger partial charge < -0.3 is 9.47 Å². The van der Waals surface area contributed by atoms with Crippen molar-refractivity contribution < 1.29 is 19.1 Å². The number of unbranched alkanes of at least 4 members (excludes halogenated alkanes) is 3. The highest BCUT2D eigenvalue weighted by Crippen LogP contribution is 2.06. The summed E-state index contributed by atoms with van der Waals surface area (Å²) in [6, 6.07) is 0. The Labute approximate surface area is 110 Å². The van der Waals surface area contributed by atoms with Crippen molar-refractivity contribution in [3.05, 3.63) is 0 Å². The largest absolute Gasteiger partial charge is 0.469 e. The summed E-state index contributed by atoms with van der Waals surface area (Å²) in [5.41, 5.74) is 0. The van der Waals surface area contributed by atoms with E-state index in [2.05, 4.69) is 11.7 Å². The van der Waals surface area contributed by atoms with Gasteiger partial charge in [0.05, 0.1) is 13.7 Å². The van der Waals surface area contributed by atoms with E-state index < -0.39 is 0 Å². The molecule has 106 valence electrons. The van der Waals surface area contributed by atoms with Crippen LogP contribution in [0.4, 0.5) is 0 Å². The Bertz CT molecular complexity index is 216. The molecule has 0 aromatic rings. The Morgan fingerprint density at radius 1 is 1.22 bits per heavy atom. The van der Waals surface area contributed by atoms with Gasteiger partial charge in [-0.05, 0) is 25.7 Å². The van der Waals surface area contributed by atoms with Gasteiger partial charge in [-0.2, -0.15) is 0 Å². The lowest BCUT2D eigenvalue weighted by atomic mass is 10.2. The monoisotopic (exact) mass is 258 g/mol. The molecule has 0 unspecified atom stereocenters. The highest BCUT2D eigenvalue weighted by Gasteiger charge is 2.05. The molecule has 0 atom stereocenters. The van der Waals surface area contributed by atoms with E-state index in [1.807, 2.05) is 0 Å². The molecule has 1 rings (SSSR count). The molecule has 0 aromatic carbocycles. The van der Waals surface area contributed by atoms with Crippen LogP contribution in [0.2, 0.25) is 0 Å². The van der Waals surface area contributed by atoms with E-state index in [1.165, 1.54) is 20.0 Å². The quantitative estimate of drug-likeness (QED) is 0.561. The third kappa shape index (κ3) is 11.4. The molecule has 0 spiro atoms. The maximum absolute atomic E-state index is 10.6. The molecule has 4 nitrogen and oxygen atoms in total. The number of carbonyl (C=O) groups excluding carboxylic acids is 2. The first-order valence-corrected chi connectivity index (χ1v) is 6.93. The topological polar surface area (TPSA) is 52.6 Å². The third-order valence-corrected chi connectivity index (χ3v) is 2.75. The van der Waals surface area contributed by atoms with Crippen molar-refractivity contribution in [3.63, 3.8) is 0 Å². The van der Waals surface area contributed by atoms with Crippen molar-refractivity contribution in [1.29, 1.82) is 0 Å². The van der Waals surface area contributed by atoms with Crippen molar-refractivity contribution in [1.82, 2.24) is 0 Å². The van der Waals surface area contributed by atoms with Crippen LogP contribution in [0.3, 0.4) is 0 Å². The average molecular weight is 258 g/mol. The Hall–Kier alpha value is -1.06. The first-order valence-electron chi connectivity index (χ1n) is 6.93. The number of ether oxygens (including phenoxy) is 2. The SMILES string of the molecule is CCCCCCC(=O)OC.O=C1CCCCCO1. The van der Waals surface area contributed by atoms with Crippen LogP contribution in [0.15, 0.2) is 0 Å². The Kier molecular flexibility index (Phi) is 11.7. The number of cyclic esters (lactones) is 1. The Balaban J connectivity index is 0.000000327. The van der Waals surface area contributed by atoms with Gasteiger partial charge in [-0.25, -0.2) is 0 Å². The lowest BCUT2D eigenvalue weighted by Crippen LogP contribution is -2.00. The highest BCUT2D eigenvalue weighted by atomic mass is 16.5. The van der Waals surface area contributed by atoms with Crippen LogP contribution in [0.1, 0.15) is 64.7 Å². The molecule has 0 aromatic heterocycles. The zero-order valence-electron chi connectivity index (χ0n) is 11.7. The van der Waals surface area contributed by atoms with Gasteiger partial charge >= 0.3 is 11.9 Å². The third-order valence-electron chi connectivity index (χ3n) is 2.75. The summed E-state index contributed by atoms with van der Waals surface area (Å²) in [5, 5.41) is 0. The molecule has 1 aliphatic rings. The van der Waals surface area contributed by atoms with E-state index in [1.54, 1.807) is 0 Å². The van der Waals surface area contributed by atoms with Gasteiger partial charge in [-0.15, -0.1) is 0 Å². The molecule has 1 aliphatic heterocycles. The minimum atomic E-state index is -0.0869. The first-order chi connectivity index (χ1) is 8.70. The summed E-state index contributed by atoms with van der Waals surface area (Å²) in [6.45, 7) is 2.79. The summed E-state index contributed by atoms with van der Waals surface area (Å²) in [6.07, 6.45) is 8.96. The number of hydrogen-bond acceptors (Lipinski definition) is 4. The standard InChI is InChI=1S/C8H16O2.C6H10O2/c1-3-4-5-6-7-8(9)10-2;7-6-4-2-1-3-5-8-6/h3-7H2,1-2H3;1-5H2. The maximum atomic E-state index is 10.6. The summed E-state index contributed by atoms with van der Waals surface area (Å²) < 4.78 is 9.26. The fourth-order valence-corrected chi connectivity index (χ4v) is 1.60. The van der Waals surface area contributed by atoms with E-state index in [9.17, 15) is 9.59 Å². The molecule has 18 heavy (non-hydrogen) atoms. The zero-order valence-corrected chi connectivity index (χ0v) is 11.7. The highest BCUT2D eigenvalue weighted by molar-refractivity contribution is 5.69. The fourth-order valence-electron chi connectivity index (χ4n) is 1.60. The van der Waals surface area contributed by atoms with Crippen molar-refractivity contribution in [2.75, 3.05) is 13.7 Å². The summed E-state index contributed by atoms with van der Waals surface area (Å²) >= 11 is 0. The molecule has 0 aliphatic carbocycles. The molecule has 1 heterocycles. The van der Waals surface area contributed by atoms with Gasteiger partial charge in [-0.3, -0.25) is 9.59 Å². The van der Waals surface area contributed by atoms with E-state index in [4.69, 9.17) is 4.74 Å². The Morgan fingerprint density at radius 3 is 2.67 bits per heavy atom. The molecule has 1 saturated heterocycles. The van der Waals surface area contributed by atoms with Crippen molar-refractivity contribution >= 4 is 11.9 Å². The molecular formula is C14H26O4. The maximum Gasteiger partial charge on any atom is 0.305 e. The van der Waals surface area contributed by atoms with Gasteiger partial charge in [0, 0.05) is 12.8 Å². The average Bonchev–Trinajstić information content (AvgIpc) is 2.63. The molecule has 0 saturated carbocycles. The second-order valence-electron chi connectivity index (χ2n) is 4.42. The van der Waals surface area contributed by atoms with Crippen LogP contribution in [-0.4, -0.2) is 25.7 Å². The van der Waals surface area contributed by atoms with Crippen LogP contribution >= 0.6 is 0 Å². The number of hydrogen-bond donors (Lipinski definition) is 0. The number of rotatable bonds is 5. The zero-order chi connectivity index (χ0) is 13.6. The number of esters is 2. The minimum absolute atomic E-state index is 0.0255. The lowest BCUT2D eigenvalue weighted by Gasteiger charge is -1.97. The minimum Gasteiger partial charge on any atom is -0.469 e. The molecule has 1 fully saturated rings. The predicted molar refractivity (Wildman–Crippen MR) is 70.2 cm³/mol. The molecule has 0 bridgehead atoms. The van der Waals surface area contributed by atoms with Gasteiger partial charge in [0.15, 0.2) is 0 Å². The molecule has 4 heteroatoms. The summed E-state index contributed by atoms with van der Waals surface area (Å²) in [5.74, 6) is -0.112. The van der Waals surface area contributed by atoms with Crippen LogP contribution in [0.25, 0.3) is 0 Å². The molecular weight excluding hydrogens is 232 g/mol. The van der Waals surface area contributed by atoms with Crippen molar-refractivity contribution in [2.24, 2.45) is 0 Å². The van der Waals surface area contributed by atoms with Crippen molar-refractivity contribution in [2.45, 2.75) is 64.7 Å². The van der Waals surface area contributed by atoms with Gasteiger partial charge in [0.1, 0.15) is 0 Å². The van der Waals surface area contributed by atoms with Crippen molar-refractivity contribution in [3.8, 4) is 0 Å². The Morgan fingerprint density at radius 2 is 2.00 bits per heavy atom. The van der Waals surface area contributed by atoms with Crippen LogP contribution < -0.4 is 0 Å². The predicted octanol–water partition coefficient (Wildman–Crippen LogP) is 3.23. The van der Waals surface area contributed by atoms with E-state index >= 15 is 0 Å². The number of methoxy groups -OCH3 is 1. The van der Waals surface area contributed by atoms with Crippen LogP contribution in [0.5, 0.6) is 0 Å². The molecule has 0 radical (unpaired) electrons. The number of carbonyl (C=O) groups is 2. The van der Waals surface area contributed by atoms with Crippen LogP contribution in [-0.2, 0) is 19.1 Å². The summed E-state index contributed by atoms with van der Waals surface area (Å²) in [4.78, 5) is 21.0. The van der Waals surface area contributed by atoms with E-state index in [0.29, 0.717) is 19.4 Å². The second-order valence-corrected chi connectivity index (χ2v) is 4.42. The molecule has 0 N–H and O–H groups in total. The van der Waals surface area contributed by atoms with Gasteiger partial charge in [0.25, 0.3) is 0 Å². The summed E-state index contributed by atoms with van der Waals surface area (Å²) in [7, 11) is 1.43. The van der Waals surface area contributed by atoms with Crippen LogP contribution in [0, 0.1) is 0 Å². The first kappa shape index (κ1) is 16.9. The van der Waals surface area contributed by atoms with E-state index in [0.717, 1.165) is 32.1 Å². The normalized spacial score (nSPS) is 14.9. The van der Waals surface area contributed by atoms with Gasteiger partial charge in [-0.1, -0.05) is 26.2 Å².